The van der Waals surface area contributed by atoms with Crippen LogP contribution in [0, 0.1) is 35.5 Å². The summed E-state index contributed by atoms with van der Waals surface area (Å²) in [7, 11) is 0. The normalized spacial score (nSPS) is 31.9. The minimum Gasteiger partial charge on any atom is -0.488 e. The van der Waals surface area contributed by atoms with Gasteiger partial charge in [-0.3, -0.25) is 9.59 Å². The van der Waals surface area contributed by atoms with Gasteiger partial charge in [-0.15, -0.1) is 0 Å². The monoisotopic (exact) mass is 466 g/mol. The Bertz CT molecular complexity index is 1160. The maximum Gasteiger partial charge on any atom is 0.254 e. The highest BCUT2D eigenvalue weighted by Gasteiger charge is 2.67. The summed E-state index contributed by atoms with van der Waals surface area (Å²) in [6.07, 6.45) is 6.92. The van der Waals surface area contributed by atoms with Crippen LogP contribution in [0.25, 0.3) is 0 Å². The first-order valence-electron chi connectivity index (χ1n) is 10.8. The predicted octanol–water partition coefficient (Wildman–Crippen LogP) is 4.96. The van der Waals surface area contributed by atoms with Crippen molar-refractivity contribution in [1.82, 2.24) is 5.01 Å². The highest BCUT2D eigenvalue weighted by atomic mass is 35.5. The summed E-state index contributed by atoms with van der Waals surface area (Å²) in [6.45, 7) is 0.312. The van der Waals surface area contributed by atoms with E-state index in [4.69, 9.17) is 27.9 Å². The van der Waals surface area contributed by atoms with Gasteiger partial charge >= 0.3 is 0 Å². The molecule has 2 amide bonds. The minimum atomic E-state index is -0.267. The summed E-state index contributed by atoms with van der Waals surface area (Å²) in [5.41, 5.74) is 1.52. The van der Waals surface area contributed by atoms with E-state index in [1.807, 2.05) is 18.2 Å². The van der Waals surface area contributed by atoms with Crippen LogP contribution in [-0.4, -0.2) is 23.0 Å². The Morgan fingerprint density at radius 3 is 2.34 bits per heavy atom. The predicted molar refractivity (Wildman–Crippen MR) is 121 cm³/mol. The van der Waals surface area contributed by atoms with E-state index in [2.05, 4.69) is 17.3 Å². The van der Waals surface area contributed by atoms with E-state index in [1.165, 1.54) is 6.21 Å². The van der Waals surface area contributed by atoms with Crippen LogP contribution in [0.3, 0.4) is 0 Å². The maximum absolute atomic E-state index is 13.1. The van der Waals surface area contributed by atoms with Gasteiger partial charge in [0.25, 0.3) is 11.8 Å². The molecule has 2 saturated carbocycles. The van der Waals surface area contributed by atoms with Gasteiger partial charge in [-0.05, 0) is 66.0 Å². The molecule has 0 unspecified atom stereocenters. The fraction of sp³-hybridized carbons (Fsp3) is 0.320. The molecule has 0 spiro atoms. The Hall–Kier alpha value is -2.63. The third-order valence-corrected chi connectivity index (χ3v) is 7.68. The SMILES string of the molecule is O=C1[C@H]2[C@@H]3C=C[C@@H]([C@H]4C[C@H]34)[C@@H]2C(=O)N1/N=C\c1cc(Cl)ccc1OCc1cccc(Cl)c1. The summed E-state index contributed by atoms with van der Waals surface area (Å²) >= 11 is 12.2. The fourth-order valence-electron chi connectivity index (χ4n) is 5.71. The molecule has 2 bridgehead atoms. The molecule has 32 heavy (non-hydrogen) atoms. The van der Waals surface area contributed by atoms with Gasteiger partial charge in [0.2, 0.25) is 0 Å². The first-order chi connectivity index (χ1) is 15.5. The van der Waals surface area contributed by atoms with Crippen LogP contribution in [0.15, 0.2) is 59.7 Å². The molecule has 3 fully saturated rings. The summed E-state index contributed by atoms with van der Waals surface area (Å²) in [4.78, 5) is 26.2. The van der Waals surface area contributed by atoms with Crippen molar-refractivity contribution in [3.05, 3.63) is 75.8 Å². The number of nitrogens with zero attached hydrogens (tertiary/aromatic N) is 2. The molecule has 0 N–H and O–H groups in total. The Morgan fingerprint density at radius 1 is 0.969 bits per heavy atom. The Morgan fingerprint density at radius 2 is 1.66 bits per heavy atom. The minimum absolute atomic E-state index is 0.175. The smallest absolute Gasteiger partial charge is 0.254 e. The van der Waals surface area contributed by atoms with Gasteiger partial charge in [0.1, 0.15) is 12.4 Å². The number of imide groups is 1. The number of amides is 2. The molecule has 4 aliphatic carbocycles. The molecular formula is C25H20Cl2N2O3. The Balaban J connectivity index is 1.23. The molecule has 5 aliphatic rings. The van der Waals surface area contributed by atoms with E-state index >= 15 is 0 Å². The van der Waals surface area contributed by atoms with Gasteiger partial charge in [0.15, 0.2) is 0 Å². The summed E-state index contributed by atoms with van der Waals surface area (Å²) in [5, 5.41) is 6.52. The van der Waals surface area contributed by atoms with Crippen molar-refractivity contribution in [1.29, 1.82) is 0 Å². The van der Waals surface area contributed by atoms with Crippen LogP contribution in [-0.2, 0) is 16.2 Å². The number of ether oxygens (including phenoxy) is 1. The van der Waals surface area contributed by atoms with Crippen LogP contribution < -0.4 is 4.74 Å². The number of rotatable bonds is 5. The molecule has 0 aromatic heterocycles. The number of allylic oxidation sites excluding steroid dienone is 2. The lowest BCUT2D eigenvalue weighted by molar-refractivity contribution is -0.140. The van der Waals surface area contributed by atoms with Crippen LogP contribution in [0.5, 0.6) is 5.75 Å². The second-order valence-corrected chi connectivity index (χ2v) is 9.86. The van der Waals surface area contributed by atoms with E-state index in [1.54, 1.807) is 24.3 Å². The first-order valence-corrected chi connectivity index (χ1v) is 11.5. The number of hydrazone groups is 1. The number of benzene rings is 2. The van der Waals surface area contributed by atoms with Crippen molar-refractivity contribution in [2.45, 2.75) is 13.0 Å². The summed E-state index contributed by atoms with van der Waals surface area (Å²) in [5.74, 6) is 1.11. The molecular weight excluding hydrogens is 447 g/mol. The molecule has 162 valence electrons. The summed E-state index contributed by atoms with van der Waals surface area (Å²) < 4.78 is 5.95. The number of carbonyl (C=O) groups excluding carboxylic acids is 2. The maximum atomic E-state index is 13.1. The number of hydrogen-bond donors (Lipinski definition) is 0. The molecule has 1 saturated heterocycles. The molecule has 1 aliphatic heterocycles. The zero-order valence-electron chi connectivity index (χ0n) is 17.0. The van der Waals surface area contributed by atoms with Gasteiger partial charge in [0.05, 0.1) is 18.1 Å². The van der Waals surface area contributed by atoms with Gasteiger partial charge < -0.3 is 4.74 Å². The van der Waals surface area contributed by atoms with Crippen LogP contribution in [0.2, 0.25) is 10.0 Å². The van der Waals surface area contributed by atoms with E-state index in [0.29, 0.717) is 39.8 Å². The molecule has 1 heterocycles. The van der Waals surface area contributed by atoms with Crippen molar-refractivity contribution in [3.63, 3.8) is 0 Å². The zero-order chi connectivity index (χ0) is 22.0. The molecule has 2 aromatic rings. The topological polar surface area (TPSA) is 59.0 Å². The van der Waals surface area contributed by atoms with E-state index in [-0.39, 0.29) is 35.5 Å². The zero-order valence-corrected chi connectivity index (χ0v) is 18.5. The van der Waals surface area contributed by atoms with Gasteiger partial charge in [-0.2, -0.15) is 10.1 Å². The largest absolute Gasteiger partial charge is 0.488 e. The first kappa shape index (κ1) is 20.0. The van der Waals surface area contributed by atoms with E-state index in [0.717, 1.165) is 17.0 Å². The Labute approximate surface area is 195 Å². The van der Waals surface area contributed by atoms with Crippen molar-refractivity contribution in [3.8, 4) is 5.75 Å². The molecule has 2 aromatic carbocycles. The molecule has 5 nitrogen and oxygen atoms in total. The van der Waals surface area contributed by atoms with Crippen LogP contribution >= 0.6 is 23.2 Å². The quantitative estimate of drug-likeness (QED) is 0.355. The van der Waals surface area contributed by atoms with Crippen molar-refractivity contribution in [2.24, 2.45) is 40.6 Å². The van der Waals surface area contributed by atoms with Gasteiger partial charge in [0, 0.05) is 15.6 Å². The number of carbonyl (C=O) groups is 2. The molecule has 6 atom stereocenters. The van der Waals surface area contributed by atoms with Crippen molar-refractivity contribution < 1.29 is 14.3 Å². The lowest BCUT2D eigenvalue weighted by Crippen LogP contribution is -2.40. The van der Waals surface area contributed by atoms with Crippen LogP contribution in [0.1, 0.15) is 17.5 Å². The van der Waals surface area contributed by atoms with Crippen LogP contribution in [0.4, 0.5) is 0 Å². The lowest BCUT2D eigenvalue weighted by Gasteiger charge is -2.37. The molecule has 7 rings (SSSR count). The molecule has 0 radical (unpaired) electrons. The highest BCUT2D eigenvalue weighted by molar-refractivity contribution is 6.31. The average molecular weight is 467 g/mol. The Kier molecular flexibility index (Phi) is 4.67. The summed E-state index contributed by atoms with van der Waals surface area (Å²) in [6, 6.07) is 12.6. The van der Waals surface area contributed by atoms with E-state index < -0.39 is 0 Å². The molecule has 7 heteroatoms. The lowest BCUT2D eigenvalue weighted by atomic mass is 9.63. The standard InChI is InChI=1S/C25H20Cl2N2O3/c26-15-3-1-2-13(8-15)12-32-21-7-4-16(27)9-14(21)11-28-29-24(30)22-17-5-6-18(20-10-19(17)20)23(22)25(29)31/h1-9,11,17-20,22-23H,10,12H2/b28-11-/t17-,18+,19-,20-,22+,23+/m1/s1. The van der Waals surface area contributed by atoms with E-state index in [9.17, 15) is 9.59 Å². The third kappa shape index (κ3) is 3.18. The van der Waals surface area contributed by atoms with Gasteiger partial charge in [-0.1, -0.05) is 47.5 Å². The van der Waals surface area contributed by atoms with Crippen molar-refractivity contribution in [2.75, 3.05) is 0 Å². The number of halogens is 2. The fourth-order valence-corrected chi connectivity index (χ4v) is 6.11. The van der Waals surface area contributed by atoms with Crippen molar-refractivity contribution >= 4 is 41.2 Å². The third-order valence-electron chi connectivity index (χ3n) is 7.21. The van der Waals surface area contributed by atoms with Gasteiger partial charge in [-0.25, -0.2) is 0 Å². The second kappa shape index (κ2) is 7.46. The average Bonchev–Trinajstić information content (AvgIpc) is 3.56. The highest BCUT2D eigenvalue weighted by Crippen LogP contribution is 2.65. The second-order valence-electron chi connectivity index (χ2n) is 8.99. The number of hydrogen-bond acceptors (Lipinski definition) is 4.